The number of rotatable bonds is 4. The minimum Gasteiger partial charge on any atom is -0.458 e. The van der Waals surface area contributed by atoms with Gasteiger partial charge in [-0.25, -0.2) is 4.79 Å². The largest absolute Gasteiger partial charge is 0.458 e. The summed E-state index contributed by atoms with van der Waals surface area (Å²) >= 11 is 15.9. The quantitative estimate of drug-likeness (QED) is 0.256. The molecule has 0 atom stereocenters. The van der Waals surface area contributed by atoms with E-state index in [1.165, 1.54) is 6.92 Å². The molecule has 5 nitrogen and oxygen atoms in total. The molecule has 0 radical (unpaired) electrons. The molecule has 0 heterocycles. The molecule has 0 aliphatic carbocycles. The number of hydrogen-bond acceptors (Lipinski definition) is 4. The number of ether oxygens (including phenoxy) is 1. The number of carbonyl (C=O) groups is 1. The number of esters is 1. The number of carbonyl (C=O) groups excluding carboxylic acids is 1. The van der Waals surface area contributed by atoms with E-state index in [1.807, 2.05) is 0 Å². The van der Waals surface area contributed by atoms with Gasteiger partial charge in [0.2, 0.25) is 0 Å². The maximum Gasteiger partial charge on any atom is 0.411 e. The molecule has 0 fully saturated rings. The predicted molar refractivity (Wildman–Crippen MR) is 52.0 cm³/mol. The zero-order valence-corrected chi connectivity index (χ0v) is 9.27. The first-order valence-corrected chi connectivity index (χ1v) is 4.66. The Morgan fingerprint density at radius 2 is 2.07 bits per heavy atom. The Bertz CT molecular complexity index is 276. The molecule has 0 bridgehead atoms. The molecule has 0 saturated heterocycles. The summed E-state index contributed by atoms with van der Waals surface area (Å²) in [6.45, 7) is 1.50. The van der Waals surface area contributed by atoms with E-state index in [4.69, 9.17) is 34.8 Å². The van der Waals surface area contributed by atoms with E-state index in [0.29, 0.717) is 0 Å². The summed E-state index contributed by atoms with van der Waals surface area (Å²) in [5.41, 5.74) is -0.941. The molecule has 0 unspecified atom stereocenters. The molecule has 0 aromatic rings. The molecule has 8 heteroatoms. The normalized spacial score (nSPS) is 12.4. The fourth-order valence-electron chi connectivity index (χ4n) is 0.562. The zero-order chi connectivity index (χ0) is 11.3. The maximum absolute atomic E-state index is 11.0. The van der Waals surface area contributed by atoms with Crippen LogP contribution in [-0.2, 0) is 9.53 Å². The Kier molecular flexibility index (Phi) is 5.83. The Labute approximate surface area is 94.7 Å². The summed E-state index contributed by atoms with van der Waals surface area (Å²) in [5.74, 6) is -1.16. The van der Waals surface area contributed by atoms with Crippen LogP contribution in [-0.4, -0.2) is 22.3 Å². The fourth-order valence-corrected chi connectivity index (χ4v) is 0.915. The first-order valence-electron chi connectivity index (χ1n) is 3.41. The van der Waals surface area contributed by atoms with Crippen molar-refractivity contribution in [2.45, 2.75) is 11.8 Å². The first kappa shape index (κ1) is 13.5. The molecule has 0 N–H and O–H groups in total. The van der Waals surface area contributed by atoms with Crippen LogP contribution in [0.2, 0.25) is 0 Å². The monoisotopic (exact) mass is 261 g/mol. The molecule has 0 amide bonds. The van der Waals surface area contributed by atoms with Crippen molar-refractivity contribution in [2.24, 2.45) is 0 Å². The van der Waals surface area contributed by atoms with E-state index in [1.54, 1.807) is 0 Å². The van der Waals surface area contributed by atoms with Crippen molar-refractivity contribution in [3.05, 3.63) is 20.8 Å². The number of nitro groups is 1. The van der Waals surface area contributed by atoms with E-state index >= 15 is 0 Å². The standard InChI is InChI=1S/C6H6Cl3NO4/c1-2-14-6(11)4(10(12)13)3(7)5(8)9/h5H,2H2,1H3/b4-3+. The van der Waals surface area contributed by atoms with E-state index in [2.05, 4.69) is 4.74 Å². The van der Waals surface area contributed by atoms with Crippen molar-refractivity contribution >= 4 is 40.8 Å². The van der Waals surface area contributed by atoms with Gasteiger partial charge in [0.1, 0.15) is 9.87 Å². The molecule has 0 aliphatic heterocycles. The molecule has 0 aromatic heterocycles. The third-order valence-electron chi connectivity index (χ3n) is 1.07. The molecular formula is C6H6Cl3NO4. The summed E-state index contributed by atoms with van der Waals surface area (Å²) in [4.78, 5) is 19.1. The van der Waals surface area contributed by atoms with E-state index in [9.17, 15) is 14.9 Å². The second kappa shape index (κ2) is 6.06. The highest BCUT2D eigenvalue weighted by Crippen LogP contribution is 2.23. The van der Waals surface area contributed by atoms with Crippen molar-refractivity contribution in [2.75, 3.05) is 6.61 Å². The van der Waals surface area contributed by atoms with Gasteiger partial charge in [0.05, 0.1) is 11.5 Å². The van der Waals surface area contributed by atoms with Crippen LogP contribution < -0.4 is 0 Å². The van der Waals surface area contributed by atoms with Crippen LogP contribution in [0.3, 0.4) is 0 Å². The van der Waals surface area contributed by atoms with Gasteiger partial charge in [0.25, 0.3) is 0 Å². The lowest BCUT2D eigenvalue weighted by atomic mass is 10.4. The third-order valence-corrected chi connectivity index (χ3v) is 2.13. The Morgan fingerprint density at radius 1 is 1.57 bits per heavy atom. The molecule has 0 rings (SSSR count). The van der Waals surface area contributed by atoms with E-state index < -0.39 is 26.5 Å². The molecule has 0 saturated carbocycles. The average Bonchev–Trinajstić information content (AvgIpc) is 2.03. The zero-order valence-electron chi connectivity index (χ0n) is 7.00. The second-order valence-corrected chi connectivity index (χ2v) is 3.48. The third kappa shape index (κ3) is 3.69. The highest BCUT2D eigenvalue weighted by Gasteiger charge is 2.31. The minimum absolute atomic E-state index is 0.00438. The summed E-state index contributed by atoms with van der Waals surface area (Å²) < 4.78 is 4.40. The first-order chi connectivity index (χ1) is 6.41. The van der Waals surface area contributed by atoms with Crippen LogP contribution in [0.4, 0.5) is 0 Å². The van der Waals surface area contributed by atoms with Gasteiger partial charge in [-0.3, -0.25) is 10.1 Å². The minimum atomic E-state index is -1.33. The SMILES string of the molecule is CCOC(=O)/C(=C(\Cl)C(Cl)Cl)[N+](=O)[O-]. The Hall–Kier alpha value is -0.520. The van der Waals surface area contributed by atoms with Crippen molar-refractivity contribution in [1.29, 1.82) is 0 Å². The van der Waals surface area contributed by atoms with Gasteiger partial charge in [-0.05, 0) is 6.92 Å². The summed E-state index contributed by atoms with van der Waals surface area (Å²) in [7, 11) is 0. The van der Waals surface area contributed by atoms with Gasteiger partial charge in [-0.1, -0.05) is 34.8 Å². The Balaban J connectivity index is 5.04. The van der Waals surface area contributed by atoms with Crippen molar-refractivity contribution in [3.63, 3.8) is 0 Å². The fraction of sp³-hybridized carbons (Fsp3) is 0.500. The highest BCUT2D eigenvalue weighted by atomic mass is 35.5. The molecular weight excluding hydrogens is 256 g/mol. The van der Waals surface area contributed by atoms with E-state index in [0.717, 1.165) is 0 Å². The number of hydrogen-bond donors (Lipinski definition) is 0. The lowest BCUT2D eigenvalue weighted by Gasteiger charge is -2.02. The van der Waals surface area contributed by atoms with Crippen LogP contribution in [0.5, 0.6) is 0 Å². The predicted octanol–water partition coefficient (Wildman–Crippen LogP) is 2.08. The maximum atomic E-state index is 11.0. The molecule has 80 valence electrons. The lowest BCUT2D eigenvalue weighted by molar-refractivity contribution is -0.421. The van der Waals surface area contributed by atoms with Crippen molar-refractivity contribution < 1.29 is 14.5 Å². The van der Waals surface area contributed by atoms with Crippen molar-refractivity contribution in [1.82, 2.24) is 0 Å². The van der Waals surface area contributed by atoms with E-state index in [-0.39, 0.29) is 6.61 Å². The van der Waals surface area contributed by atoms with Gasteiger partial charge in [0, 0.05) is 0 Å². The Morgan fingerprint density at radius 3 is 2.36 bits per heavy atom. The van der Waals surface area contributed by atoms with Crippen molar-refractivity contribution in [3.8, 4) is 0 Å². The molecule has 14 heavy (non-hydrogen) atoms. The highest BCUT2D eigenvalue weighted by molar-refractivity contribution is 6.52. The van der Waals surface area contributed by atoms with Gasteiger partial charge in [-0.2, -0.15) is 0 Å². The number of alkyl halides is 2. The topological polar surface area (TPSA) is 69.4 Å². The molecule has 0 aliphatic rings. The van der Waals surface area contributed by atoms with Crippen LogP contribution in [0.25, 0.3) is 0 Å². The van der Waals surface area contributed by atoms with Crippen LogP contribution >= 0.6 is 34.8 Å². The van der Waals surface area contributed by atoms with Gasteiger partial charge in [0.15, 0.2) is 0 Å². The number of nitrogens with zero attached hydrogens (tertiary/aromatic N) is 1. The molecule has 0 aromatic carbocycles. The van der Waals surface area contributed by atoms with Gasteiger partial charge >= 0.3 is 11.7 Å². The van der Waals surface area contributed by atoms with Gasteiger partial charge < -0.3 is 4.74 Å². The van der Waals surface area contributed by atoms with Crippen LogP contribution in [0.15, 0.2) is 10.7 Å². The molecule has 0 spiro atoms. The summed E-state index contributed by atoms with van der Waals surface area (Å²) in [5, 5.41) is 9.85. The van der Waals surface area contributed by atoms with Crippen LogP contribution in [0.1, 0.15) is 6.92 Å². The second-order valence-electron chi connectivity index (χ2n) is 1.97. The number of halogens is 3. The average molecular weight is 262 g/mol. The van der Waals surface area contributed by atoms with Crippen LogP contribution in [0, 0.1) is 10.1 Å². The number of allylic oxidation sites excluding steroid dienone is 1. The van der Waals surface area contributed by atoms with Gasteiger partial charge in [-0.15, -0.1) is 0 Å². The summed E-state index contributed by atoms with van der Waals surface area (Å²) in [6, 6.07) is 0. The summed E-state index contributed by atoms with van der Waals surface area (Å²) in [6.07, 6.45) is 0. The lowest BCUT2D eigenvalue weighted by Crippen LogP contribution is -2.17. The smallest absolute Gasteiger partial charge is 0.411 e.